The standard InChI is InChI=1S/C14H19FN4OS/c1-10(13(16)21)18-6-8-19(9-7-18)14(20)17-12-5-3-2-4-11(12)15/h2-5,10H,6-9H2,1H3,(H2,16,21)(H,17,20). The third kappa shape index (κ3) is 3.89. The molecule has 2 rings (SSSR count). The van der Waals surface area contributed by atoms with Gasteiger partial charge < -0.3 is 16.0 Å². The van der Waals surface area contributed by atoms with E-state index in [4.69, 9.17) is 18.0 Å². The maximum absolute atomic E-state index is 13.5. The Morgan fingerprint density at radius 1 is 1.33 bits per heavy atom. The number of amides is 2. The van der Waals surface area contributed by atoms with E-state index < -0.39 is 5.82 Å². The number of anilines is 1. The minimum atomic E-state index is -0.438. The lowest BCUT2D eigenvalue weighted by Gasteiger charge is -2.37. The largest absolute Gasteiger partial charge is 0.392 e. The van der Waals surface area contributed by atoms with E-state index in [1.165, 1.54) is 6.07 Å². The van der Waals surface area contributed by atoms with Gasteiger partial charge in [0.15, 0.2) is 0 Å². The van der Waals surface area contributed by atoms with Gasteiger partial charge in [-0.05, 0) is 19.1 Å². The Bertz CT molecular complexity index is 531. The van der Waals surface area contributed by atoms with E-state index in [-0.39, 0.29) is 17.8 Å². The maximum Gasteiger partial charge on any atom is 0.322 e. The minimum Gasteiger partial charge on any atom is -0.392 e. The summed E-state index contributed by atoms with van der Waals surface area (Å²) in [5, 5.41) is 2.59. The second kappa shape index (κ2) is 6.82. The molecule has 1 saturated heterocycles. The summed E-state index contributed by atoms with van der Waals surface area (Å²) in [5.41, 5.74) is 5.83. The predicted octanol–water partition coefficient (Wildman–Crippen LogP) is 1.65. The lowest BCUT2D eigenvalue weighted by Crippen LogP contribution is -2.54. The highest BCUT2D eigenvalue weighted by atomic mass is 32.1. The number of hydrogen-bond acceptors (Lipinski definition) is 3. The number of carbonyl (C=O) groups is 1. The summed E-state index contributed by atoms with van der Waals surface area (Å²) in [6.07, 6.45) is 0. The summed E-state index contributed by atoms with van der Waals surface area (Å²) in [5.74, 6) is -0.438. The summed E-state index contributed by atoms with van der Waals surface area (Å²) < 4.78 is 13.5. The van der Waals surface area contributed by atoms with Crippen molar-refractivity contribution >= 4 is 28.9 Å². The van der Waals surface area contributed by atoms with Crippen molar-refractivity contribution in [2.24, 2.45) is 5.73 Å². The van der Waals surface area contributed by atoms with Gasteiger partial charge in [0.1, 0.15) is 5.82 Å². The molecular formula is C14H19FN4OS. The second-order valence-electron chi connectivity index (χ2n) is 5.01. The van der Waals surface area contributed by atoms with Gasteiger partial charge in [-0.3, -0.25) is 4.90 Å². The van der Waals surface area contributed by atoms with E-state index in [1.807, 2.05) is 6.92 Å². The number of para-hydroxylation sites is 1. The monoisotopic (exact) mass is 310 g/mol. The molecule has 1 unspecified atom stereocenters. The number of hydrogen-bond donors (Lipinski definition) is 2. The quantitative estimate of drug-likeness (QED) is 0.834. The van der Waals surface area contributed by atoms with Crippen molar-refractivity contribution in [3.8, 4) is 0 Å². The van der Waals surface area contributed by atoms with E-state index in [9.17, 15) is 9.18 Å². The maximum atomic E-state index is 13.5. The first-order chi connectivity index (χ1) is 9.99. The first-order valence-electron chi connectivity index (χ1n) is 6.83. The number of nitrogens with two attached hydrogens (primary N) is 1. The zero-order valence-electron chi connectivity index (χ0n) is 11.9. The van der Waals surface area contributed by atoms with Crippen LogP contribution in [0.15, 0.2) is 24.3 Å². The van der Waals surface area contributed by atoms with E-state index in [0.29, 0.717) is 31.2 Å². The number of nitrogens with zero attached hydrogens (tertiary/aromatic N) is 2. The number of urea groups is 1. The van der Waals surface area contributed by atoms with E-state index >= 15 is 0 Å². The zero-order chi connectivity index (χ0) is 15.4. The summed E-state index contributed by atoms with van der Waals surface area (Å²) in [7, 11) is 0. The zero-order valence-corrected chi connectivity index (χ0v) is 12.7. The van der Waals surface area contributed by atoms with Crippen molar-refractivity contribution < 1.29 is 9.18 Å². The van der Waals surface area contributed by atoms with Crippen LogP contribution in [0, 0.1) is 5.82 Å². The van der Waals surface area contributed by atoms with Crippen molar-refractivity contribution in [3.05, 3.63) is 30.1 Å². The van der Waals surface area contributed by atoms with Crippen molar-refractivity contribution in [1.82, 2.24) is 9.80 Å². The molecule has 1 fully saturated rings. The predicted molar refractivity (Wildman–Crippen MR) is 84.8 cm³/mol. The Hall–Kier alpha value is -1.73. The third-order valence-electron chi connectivity index (χ3n) is 3.68. The van der Waals surface area contributed by atoms with Crippen molar-refractivity contribution in [3.63, 3.8) is 0 Å². The van der Waals surface area contributed by atoms with Gasteiger partial charge in [-0.1, -0.05) is 24.4 Å². The summed E-state index contributed by atoms with van der Waals surface area (Å²) in [6.45, 7) is 4.48. The molecule has 1 aromatic rings. The van der Waals surface area contributed by atoms with Crippen LogP contribution in [0.2, 0.25) is 0 Å². The molecule has 2 amide bonds. The minimum absolute atomic E-state index is 0.0248. The van der Waals surface area contributed by atoms with Gasteiger partial charge in [0.25, 0.3) is 0 Å². The molecule has 1 aromatic carbocycles. The highest BCUT2D eigenvalue weighted by Crippen LogP contribution is 2.14. The van der Waals surface area contributed by atoms with Crippen LogP contribution < -0.4 is 11.1 Å². The van der Waals surface area contributed by atoms with Gasteiger partial charge >= 0.3 is 6.03 Å². The van der Waals surface area contributed by atoms with Gasteiger partial charge in [-0.15, -0.1) is 0 Å². The van der Waals surface area contributed by atoms with Crippen LogP contribution in [-0.4, -0.2) is 53.0 Å². The molecule has 1 aliphatic rings. The van der Waals surface area contributed by atoms with E-state index in [0.717, 1.165) is 0 Å². The number of thiocarbonyl (C=S) groups is 1. The molecule has 1 aliphatic heterocycles. The molecule has 1 atom stereocenters. The average molecular weight is 310 g/mol. The molecule has 0 saturated carbocycles. The highest BCUT2D eigenvalue weighted by Gasteiger charge is 2.25. The van der Waals surface area contributed by atoms with Crippen LogP contribution in [-0.2, 0) is 0 Å². The van der Waals surface area contributed by atoms with Crippen LogP contribution in [0.4, 0.5) is 14.9 Å². The number of benzene rings is 1. The Kier molecular flexibility index (Phi) is 5.08. The van der Waals surface area contributed by atoms with Crippen LogP contribution >= 0.6 is 12.2 Å². The molecule has 0 aliphatic carbocycles. The third-order valence-corrected chi connectivity index (χ3v) is 4.02. The molecule has 1 heterocycles. The first kappa shape index (κ1) is 15.7. The average Bonchev–Trinajstić information content (AvgIpc) is 2.49. The van der Waals surface area contributed by atoms with Crippen LogP contribution in [0.5, 0.6) is 0 Å². The lowest BCUT2D eigenvalue weighted by atomic mass is 10.2. The molecule has 0 bridgehead atoms. The fourth-order valence-corrected chi connectivity index (χ4v) is 2.40. The van der Waals surface area contributed by atoms with Gasteiger partial charge in [-0.2, -0.15) is 0 Å². The molecule has 0 spiro atoms. The molecule has 114 valence electrons. The van der Waals surface area contributed by atoms with Crippen LogP contribution in [0.3, 0.4) is 0 Å². The molecule has 0 aromatic heterocycles. The summed E-state index contributed by atoms with van der Waals surface area (Å²) in [6, 6.07) is 5.86. The van der Waals surface area contributed by atoms with E-state index in [2.05, 4.69) is 10.2 Å². The molecule has 3 N–H and O–H groups in total. The van der Waals surface area contributed by atoms with Gasteiger partial charge in [0.05, 0.1) is 16.7 Å². The summed E-state index contributed by atoms with van der Waals surface area (Å²) >= 11 is 4.98. The number of halogens is 1. The number of carbonyl (C=O) groups excluding carboxylic acids is 1. The Labute approximate surface area is 128 Å². The fraction of sp³-hybridized carbons (Fsp3) is 0.429. The van der Waals surface area contributed by atoms with Gasteiger partial charge in [-0.25, -0.2) is 9.18 Å². The second-order valence-corrected chi connectivity index (χ2v) is 5.48. The highest BCUT2D eigenvalue weighted by molar-refractivity contribution is 7.80. The van der Waals surface area contributed by atoms with Crippen LogP contribution in [0.25, 0.3) is 0 Å². The Balaban J connectivity index is 1.89. The molecular weight excluding hydrogens is 291 g/mol. The topological polar surface area (TPSA) is 61.6 Å². The van der Waals surface area contributed by atoms with Crippen molar-refractivity contribution in [2.75, 3.05) is 31.5 Å². The van der Waals surface area contributed by atoms with Crippen molar-refractivity contribution in [1.29, 1.82) is 0 Å². The van der Waals surface area contributed by atoms with E-state index in [1.54, 1.807) is 23.1 Å². The number of nitrogens with one attached hydrogen (secondary N) is 1. The molecule has 5 nitrogen and oxygen atoms in total. The molecule has 21 heavy (non-hydrogen) atoms. The molecule has 0 radical (unpaired) electrons. The molecule has 7 heteroatoms. The van der Waals surface area contributed by atoms with Crippen molar-refractivity contribution in [2.45, 2.75) is 13.0 Å². The number of piperazine rings is 1. The SMILES string of the molecule is CC(C(N)=S)N1CCN(C(=O)Nc2ccccc2F)CC1. The fourth-order valence-electron chi connectivity index (χ4n) is 2.25. The van der Waals surface area contributed by atoms with Crippen LogP contribution in [0.1, 0.15) is 6.92 Å². The normalized spacial score (nSPS) is 17.3. The number of rotatable bonds is 3. The lowest BCUT2D eigenvalue weighted by molar-refractivity contribution is 0.139. The Morgan fingerprint density at radius 3 is 2.52 bits per heavy atom. The first-order valence-corrected chi connectivity index (χ1v) is 7.23. The Morgan fingerprint density at radius 2 is 1.95 bits per heavy atom. The van der Waals surface area contributed by atoms with Gasteiger partial charge in [0, 0.05) is 26.2 Å². The smallest absolute Gasteiger partial charge is 0.322 e. The van der Waals surface area contributed by atoms with Gasteiger partial charge in [0.2, 0.25) is 0 Å². The summed E-state index contributed by atoms with van der Waals surface area (Å²) in [4.78, 5) is 16.4.